The molecule has 0 saturated carbocycles. The van der Waals surface area contributed by atoms with Gasteiger partial charge in [0, 0.05) is 5.04 Å². The van der Waals surface area contributed by atoms with Crippen molar-refractivity contribution in [1.82, 2.24) is 0 Å². The van der Waals surface area contributed by atoms with Gasteiger partial charge in [-0.1, -0.05) is 165 Å². The molecule has 1 heterocycles. The van der Waals surface area contributed by atoms with Crippen LogP contribution in [0.15, 0.2) is 115 Å². The summed E-state index contributed by atoms with van der Waals surface area (Å²) in [5.41, 5.74) is 13.8. The van der Waals surface area contributed by atoms with Crippen LogP contribution in [0.2, 0.25) is 18.1 Å². The minimum absolute atomic E-state index is 0. The van der Waals surface area contributed by atoms with Crippen LogP contribution in [-0.2, 0) is 48.5 Å². The number of fused-ring (bicyclic) bond motifs is 3. The Morgan fingerprint density at radius 3 is 1.90 bits per heavy atom. The molecule has 8 rings (SSSR count). The van der Waals surface area contributed by atoms with Crippen LogP contribution in [0.1, 0.15) is 108 Å². The van der Waals surface area contributed by atoms with Gasteiger partial charge in [-0.05, 0) is 80.9 Å². The Hall–Kier alpha value is -2.09. The molecule has 3 unspecified atom stereocenters. The first-order valence-corrected chi connectivity index (χ1v) is 21.7. The Labute approximate surface area is 347 Å². The average Bonchev–Trinajstić information content (AvgIpc) is 3.40. The van der Waals surface area contributed by atoms with E-state index in [-0.39, 0.29) is 66.9 Å². The van der Waals surface area contributed by atoms with Crippen LogP contribution in [0.25, 0.3) is 21.9 Å². The fourth-order valence-electron chi connectivity index (χ4n) is 10.3. The van der Waals surface area contributed by atoms with Crippen molar-refractivity contribution >= 4 is 18.8 Å². The smallest absolute Gasteiger partial charge is 1.00 e. The number of rotatable bonds is 3. The van der Waals surface area contributed by atoms with E-state index in [0.29, 0.717) is 11.0 Å². The molecule has 1 saturated heterocycles. The number of benzene rings is 4. The molecule has 1 radical (unpaired) electrons. The fourth-order valence-corrected chi connectivity index (χ4v) is 17.2. The Bertz CT molecular complexity index is 2050. The van der Waals surface area contributed by atoms with Gasteiger partial charge in [0.15, 0.2) is 0 Å². The van der Waals surface area contributed by atoms with Crippen LogP contribution >= 0.6 is 0 Å². The van der Waals surface area contributed by atoms with Crippen molar-refractivity contribution in [3.8, 4) is 11.1 Å². The molecular formula is C48H57Cl2SiZr. The largest absolute Gasteiger partial charge is 3.00 e. The van der Waals surface area contributed by atoms with Crippen LogP contribution in [-0.4, -0.2) is 8.07 Å². The summed E-state index contributed by atoms with van der Waals surface area (Å²) in [5.74, 6) is 1.31. The standard InChI is InChI=1S/C26H32Si.C22H25.2ClH.Zr/c1-18-15-22-16-19-9-7-8-10-23(19)26(25(22,17-18)27(26,5)6)21-13-11-20(12-14-21)24(2,3)4;1-15(2)18-13-17-7-6-8-20(21(17)14-18)16-9-11-19(12-10-16)22(3,4)5;;;/h7-15,22H,16-17H2,1-6H3;6-15H,1-5H3;2*1H;/q;-1;;;+3/p-2. The van der Waals surface area contributed by atoms with Crippen LogP contribution in [0.5, 0.6) is 0 Å². The Kier molecular flexibility index (Phi) is 12.2. The normalized spacial score (nSPS) is 22.3. The SMILES string of the molecule is CC(C)c1cc2c(-c3ccc(C(C)(C)C)cc3)cccc2[cH-]1.CC1=CC2Cc3ccccc3C3(c4ccc(C(C)(C)C)cc4)C2(C1)[Si]3(C)C.[Cl-].[Cl-].[Zr+3]. The van der Waals surface area contributed by atoms with E-state index in [0.717, 1.165) is 5.92 Å². The monoisotopic (exact) mass is 821 g/mol. The fraction of sp³-hybridized carbons (Fsp3) is 0.396. The molecule has 5 aromatic carbocycles. The Morgan fingerprint density at radius 2 is 1.33 bits per heavy atom. The van der Waals surface area contributed by atoms with E-state index in [2.05, 4.69) is 185 Å². The second-order valence-corrected chi connectivity index (χ2v) is 23.3. The van der Waals surface area contributed by atoms with Gasteiger partial charge in [-0.25, -0.2) is 0 Å². The molecule has 0 N–H and O–H groups in total. The van der Waals surface area contributed by atoms with Gasteiger partial charge in [-0.15, -0.1) is 34.5 Å². The Balaban J connectivity index is 0.000000224. The second kappa shape index (κ2) is 14.9. The van der Waals surface area contributed by atoms with Crippen molar-refractivity contribution in [1.29, 1.82) is 0 Å². The molecule has 3 atom stereocenters. The van der Waals surface area contributed by atoms with E-state index < -0.39 is 8.07 Å². The van der Waals surface area contributed by atoms with Crippen molar-refractivity contribution in [3.05, 3.63) is 148 Å². The minimum atomic E-state index is -1.51. The Morgan fingerprint density at radius 1 is 0.750 bits per heavy atom. The van der Waals surface area contributed by atoms with Gasteiger partial charge in [0.25, 0.3) is 0 Å². The molecule has 2 aliphatic carbocycles. The topological polar surface area (TPSA) is 0 Å². The summed E-state index contributed by atoms with van der Waals surface area (Å²) in [6.07, 6.45) is 5.19. The van der Waals surface area contributed by atoms with Crippen LogP contribution < -0.4 is 24.8 Å². The van der Waals surface area contributed by atoms with Gasteiger partial charge < -0.3 is 24.8 Å². The summed E-state index contributed by atoms with van der Waals surface area (Å²) in [6, 6.07) is 39.5. The van der Waals surface area contributed by atoms with Crippen LogP contribution in [0.3, 0.4) is 0 Å². The third-order valence-electron chi connectivity index (χ3n) is 12.9. The van der Waals surface area contributed by atoms with E-state index in [9.17, 15) is 0 Å². The quantitative estimate of drug-likeness (QED) is 0.101. The number of halogens is 2. The van der Waals surface area contributed by atoms with E-state index in [1.54, 1.807) is 22.3 Å². The molecule has 0 nitrogen and oxygen atoms in total. The molecule has 3 aliphatic rings. The molecule has 0 amide bonds. The van der Waals surface area contributed by atoms with E-state index in [4.69, 9.17) is 0 Å². The maximum absolute atomic E-state index is 2.67. The number of hydrogen-bond acceptors (Lipinski definition) is 0. The summed E-state index contributed by atoms with van der Waals surface area (Å²) in [6.45, 7) is 25.9. The van der Waals surface area contributed by atoms with Crippen molar-refractivity contribution in [2.75, 3.05) is 0 Å². The molecule has 271 valence electrons. The van der Waals surface area contributed by atoms with Gasteiger partial charge in [0.1, 0.15) is 0 Å². The second-order valence-electron chi connectivity index (χ2n) is 18.4. The van der Waals surface area contributed by atoms with Gasteiger partial charge >= 0.3 is 26.2 Å². The summed E-state index contributed by atoms with van der Waals surface area (Å²) < 4.78 is 0. The van der Waals surface area contributed by atoms with Crippen LogP contribution in [0.4, 0.5) is 0 Å². The van der Waals surface area contributed by atoms with Crippen molar-refractivity contribution in [2.45, 2.75) is 115 Å². The summed E-state index contributed by atoms with van der Waals surface area (Å²) >= 11 is 0. The van der Waals surface area contributed by atoms with Crippen molar-refractivity contribution < 1.29 is 51.0 Å². The molecule has 1 spiro atoms. The van der Waals surface area contributed by atoms with Gasteiger partial charge in [-0.3, -0.25) is 0 Å². The number of allylic oxidation sites excluding steroid dienone is 2. The number of hydrogen-bond donors (Lipinski definition) is 0. The predicted molar refractivity (Wildman–Crippen MR) is 216 cm³/mol. The van der Waals surface area contributed by atoms with Crippen molar-refractivity contribution in [2.24, 2.45) is 5.92 Å². The molecule has 1 aliphatic heterocycles. The molecule has 5 aromatic rings. The summed E-state index contributed by atoms with van der Waals surface area (Å²) in [4.78, 5) is 0. The summed E-state index contributed by atoms with van der Waals surface area (Å²) in [5, 5.41) is 3.49. The average molecular weight is 824 g/mol. The third-order valence-corrected chi connectivity index (χ3v) is 18.7. The van der Waals surface area contributed by atoms with Gasteiger partial charge in [0.05, 0.1) is 8.07 Å². The first-order chi connectivity index (χ1) is 23.0. The van der Waals surface area contributed by atoms with Crippen LogP contribution in [0, 0.1) is 5.92 Å². The molecule has 52 heavy (non-hydrogen) atoms. The zero-order valence-electron chi connectivity index (χ0n) is 33.2. The minimum Gasteiger partial charge on any atom is -1.00 e. The maximum Gasteiger partial charge on any atom is 3.00 e. The van der Waals surface area contributed by atoms with Gasteiger partial charge in [0.2, 0.25) is 0 Å². The maximum atomic E-state index is 2.67. The molecule has 0 aromatic heterocycles. The third kappa shape index (κ3) is 6.55. The van der Waals surface area contributed by atoms with E-state index >= 15 is 0 Å². The van der Waals surface area contributed by atoms with E-state index in [1.807, 2.05) is 0 Å². The molecule has 1 fully saturated rings. The zero-order valence-corrected chi connectivity index (χ0v) is 38.2. The molecular weight excluding hydrogens is 767 g/mol. The molecule has 0 bridgehead atoms. The predicted octanol–water partition coefficient (Wildman–Crippen LogP) is 7.45. The molecule has 4 heteroatoms. The summed E-state index contributed by atoms with van der Waals surface area (Å²) in [7, 11) is -1.51. The first kappa shape index (κ1) is 42.6. The van der Waals surface area contributed by atoms with Gasteiger partial charge in [-0.2, -0.15) is 6.07 Å². The van der Waals surface area contributed by atoms with Crippen molar-refractivity contribution in [3.63, 3.8) is 0 Å². The zero-order chi connectivity index (χ0) is 35.1. The van der Waals surface area contributed by atoms with E-state index in [1.165, 1.54) is 51.4 Å². The first-order valence-electron chi connectivity index (χ1n) is 18.7.